The molecule has 1 aromatic carbocycles. The van der Waals surface area contributed by atoms with Gasteiger partial charge in [0.05, 0.1) is 31.9 Å². The highest BCUT2D eigenvalue weighted by molar-refractivity contribution is 5.99. The second-order valence-electron chi connectivity index (χ2n) is 3.66. The third-order valence-electron chi connectivity index (χ3n) is 2.48. The van der Waals surface area contributed by atoms with Gasteiger partial charge in [-0.2, -0.15) is 0 Å². The molecule has 1 fully saturated rings. The van der Waals surface area contributed by atoms with Crippen LogP contribution in [0.25, 0.3) is 0 Å². The molecule has 0 aromatic heterocycles. The standard InChI is InChI=1S/C11H14N2O3/c1-15-8-2-3-9(10(12)4-8)11(14)13-7-5-16-6-7/h2-4,7H,5-6,12H2,1H3,(H,13,14). The van der Waals surface area contributed by atoms with Crippen molar-refractivity contribution in [3.8, 4) is 5.75 Å². The molecule has 1 aromatic rings. The minimum absolute atomic E-state index is 0.106. The molecule has 5 nitrogen and oxygen atoms in total. The fourth-order valence-corrected chi connectivity index (χ4v) is 1.46. The highest BCUT2D eigenvalue weighted by atomic mass is 16.5. The van der Waals surface area contributed by atoms with Crippen LogP contribution in [-0.2, 0) is 4.74 Å². The zero-order valence-corrected chi connectivity index (χ0v) is 9.03. The van der Waals surface area contributed by atoms with E-state index in [4.69, 9.17) is 15.2 Å². The fourth-order valence-electron chi connectivity index (χ4n) is 1.46. The third kappa shape index (κ3) is 2.09. The van der Waals surface area contributed by atoms with Crippen molar-refractivity contribution in [3.05, 3.63) is 23.8 Å². The lowest BCUT2D eigenvalue weighted by Gasteiger charge is -2.27. The van der Waals surface area contributed by atoms with E-state index >= 15 is 0 Å². The summed E-state index contributed by atoms with van der Waals surface area (Å²) in [5, 5.41) is 2.83. The summed E-state index contributed by atoms with van der Waals surface area (Å²) in [6.07, 6.45) is 0. The van der Waals surface area contributed by atoms with Crippen LogP contribution in [0.4, 0.5) is 5.69 Å². The zero-order chi connectivity index (χ0) is 11.5. The number of nitrogens with two attached hydrogens (primary N) is 1. The Bertz CT molecular complexity index is 402. The topological polar surface area (TPSA) is 73.6 Å². The predicted octanol–water partition coefficient (Wildman–Crippen LogP) is 0.406. The summed E-state index contributed by atoms with van der Waals surface area (Å²) in [6.45, 7) is 1.14. The van der Waals surface area contributed by atoms with Crippen molar-refractivity contribution in [3.63, 3.8) is 0 Å². The predicted molar refractivity (Wildman–Crippen MR) is 59.5 cm³/mol. The first-order valence-electron chi connectivity index (χ1n) is 5.03. The summed E-state index contributed by atoms with van der Waals surface area (Å²) >= 11 is 0. The Morgan fingerprint density at radius 2 is 2.31 bits per heavy atom. The second kappa shape index (κ2) is 4.40. The van der Waals surface area contributed by atoms with Crippen LogP contribution in [-0.4, -0.2) is 32.3 Å². The van der Waals surface area contributed by atoms with Crippen LogP contribution in [0.1, 0.15) is 10.4 Å². The SMILES string of the molecule is COc1ccc(C(=O)NC2COC2)c(N)c1. The van der Waals surface area contributed by atoms with E-state index in [1.165, 1.54) is 0 Å². The Balaban J connectivity index is 2.09. The van der Waals surface area contributed by atoms with Crippen LogP contribution in [0, 0.1) is 0 Å². The Labute approximate surface area is 93.5 Å². The van der Waals surface area contributed by atoms with E-state index in [0.29, 0.717) is 30.2 Å². The first-order chi connectivity index (χ1) is 7.70. The van der Waals surface area contributed by atoms with Gasteiger partial charge in [0.15, 0.2) is 0 Å². The summed E-state index contributed by atoms with van der Waals surface area (Å²) in [7, 11) is 1.56. The van der Waals surface area contributed by atoms with Gasteiger partial charge in [0.25, 0.3) is 5.91 Å². The minimum atomic E-state index is -0.173. The van der Waals surface area contributed by atoms with Crippen molar-refractivity contribution >= 4 is 11.6 Å². The second-order valence-corrected chi connectivity index (χ2v) is 3.66. The van der Waals surface area contributed by atoms with Crippen LogP contribution < -0.4 is 15.8 Å². The van der Waals surface area contributed by atoms with Gasteiger partial charge in [0, 0.05) is 11.8 Å². The van der Waals surface area contributed by atoms with Crippen molar-refractivity contribution in [2.45, 2.75) is 6.04 Å². The number of carbonyl (C=O) groups excluding carboxylic acids is 1. The monoisotopic (exact) mass is 222 g/mol. The smallest absolute Gasteiger partial charge is 0.253 e. The molecule has 0 unspecified atom stereocenters. The van der Waals surface area contributed by atoms with Crippen molar-refractivity contribution in [1.29, 1.82) is 0 Å². The van der Waals surface area contributed by atoms with Crippen molar-refractivity contribution in [2.24, 2.45) is 0 Å². The average molecular weight is 222 g/mol. The molecule has 1 heterocycles. The van der Waals surface area contributed by atoms with Crippen LogP contribution in [0.15, 0.2) is 18.2 Å². The lowest BCUT2D eigenvalue weighted by atomic mass is 10.1. The molecule has 1 saturated heterocycles. The number of benzene rings is 1. The zero-order valence-electron chi connectivity index (χ0n) is 9.03. The molecule has 1 aliphatic heterocycles. The van der Waals surface area contributed by atoms with Gasteiger partial charge in [-0.05, 0) is 12.1 Å². The van der Waals surface area contributed by atoms with Crippen molar-refractivity contribution in [1.82, 2.24) is 5.32 Å². The van der Waals surface area contributed by atoms with E-state index in [1.54, 1.807) is 25.3 Å². The molecule has 0 atom stereocenters. The maximum Gasteiger partial charge on any atom is 0.253 e. The molecule has 16 heavy (non-hydrogen) atoms. The molecule has 3 N–H and O–H groups in total. The van der Waals surface area contributed by atoms with Crippen LogP contribution in [0.2, 0.25) is 0 Å². The van der Waals surface area contributed by atoms with Crippen molar-refractivity contribution < 1.29 is 14.3 Å². The highest BCUT2D eigenvalue weighted by Crippen LogP contribution is 2.19. The maximum absolute atomic E-state index is 11.8. The molecule has 0 radical (unpaired) electrons. The molecule has 1 amide bonds. The number of rotatable bonds is 3. The number of methoxy groups -OCH3 is 1. The van der Waals surface area contributed by atoms with Crippen molar-refractivity contribution in [2.75, 3.05) is 26.1 Å². The lowest BCUT2D eigenvalue weighted by Crippen LogP contribution is -2.48. The molecule has 2 rings (SSSR count). The normalized spacial score (nSPS) is 15.3. The van der Waals surface area contributed by atoms with Gasteiger partial charge in [0.2, 0.25) is 0 Å². The number of nitrogens with one attached hydrogen (secondary N) is 1. The van der Waals surface area contributed by atoms with E-state index in [-0.39, 0.29) is 11.9 Å². The number of hydrogen-bond acceptors (Lipinski definition) is 4. The van der Waals surface area contributed by atoms with E-state index in [0.717, 1.165) is 0 Å². The molecule has 0 saturated carbocycles. The van der Waals surface area contributed by atoms with Gasteiger partial charge in [-0.15, -0.1) is 0 Å². The van der Waals surface area contributed by atoms with Crippen LogP contribution in [0.3, 0.4) is 0 Å². The summed E-state index contributed by atoms with van der Waals surface area (Å²) < 4.78 is 9.98. The average Bonchev–Trinajstić information content (AvgIpc) is 2.23. The first-order valence-corrected chi connectivity index (χ1v) is 5.03. The van der Waals surface area contributed by atoms with Gasteiger partial charge in [-0.3, -0.25) is 4.79 Å². The Morgan fingerprint density at radius 1 is 1.56 bits per heavy atom. The summed E-state index contributed by atoms with van der Waals surface area (Å²) in [4.78, 5) is 11.8. The van der Waals surface area contributed by atoms with E-state index in [9.17, 15) is 4.79 Å². The van der Waals surface area contributed by atoms with Crippen LogP contribution in [0.5, 0.6) is 5.75 Å². The van der Waals surface area contributed by atoms with E-state index < -0.39 is 0 Å². The first kappa shape index (κ1) is 10.8. The maximum atomic E-state index is 11.8. The fraction of sp³-hybridized carbons (Fsp3) is 0.364. The number of anilines is 1. The molecular weight excluding hydrogens is 208 g/mol. The third-order valence-corrected chi connectivity index (χ3v) is 2.48. The quantitative estimate of drug-likeness (QED) is 0.726. The Morgan fingerprint density at radius 3 is 2.81 bits per heavy atom. The highest BCUT2D eigenvalue weighted by Gasteiger charge is 2.21. The molecular formula is C11H14N2O3. The van der Waals surface area contributed by atoms with Gasteiger partial charge in [-0.1, -0.05) is 0 Å². The number of hydrogen-bond donors (Lipinski definition) is 2. The Kier molecular flexibility index (Phi) is 2.96. The summed E-state index contributed by atoms with van der Waals surface area (Å²) in [6, 6.07) is 5.10. The number of ether oxygens (including phenoxy) is 2. The van der Waals surface area contributed by atoms with Gasteiger partial charge >= 0.3 is 0 Å². The van der Waals surface area contributed by atoms with E-state index in [2.05, 4.69) is 5.32 Å². The summed E-state index contributed by atoms with van der Waals surface area (Å²) in [5.41, 5.74) is 6.64. The van der Waals surface area contributed by atoms with E-state index in [1.807, 2.05) is 0 Å². The molecule has 1 aliphatic rings. The minimum Gasteiger partial charge on any atom is -0.497 e. The van der Waals surface area contributed by atoms with Gasteiger partial charge in [0.1, 0.15) is 5.75 Å². The Hall–Kier alpha value is -1.75. The molecule has 0 spiro atoms. The van der Waals surface area contributed by atoms with Gasteiger partial charge in [-0.25, -0.2) is 0 Å². The number of amides is 1. The number of carbonyl (C=O) groups is 1. The molecule has 0 bridgehead atoms. The number of nitrogen functional groups attached to an aromatic ring is 1. The molecule has 0 aliphatic carbocycles. The summed E-state index contributed by atoms with van der Waals surface area (Å²) in [5.74, 6) is 0.467. The van der Waals surface area contributed by atoms with Crippen LogP contribution >= 0.6 is 0 Å². The largest absolute Gasteiger partial charge is 0.497 e. The van der Waals surface area contributed by atoms with Gasteiger partial charge < -0.3 is 20.5 Å². The molecule has 86 valence electrons. The molecule has 5 heteroatoms. The lowest BCUT2D eigenvalue weighted by molar-refractivity contribution is -0.00344.